The van der Waals surface area contributed by atoms with Gasteiger partial charge in [-0.15, -0.1) is 0 Å². The number of amides is 3. The molecule has 1 aromatic carbocycles. The molecule has 1 aromatic rings. The van der Waals surface area contributed by atoms with Gasteiger partial charge >= 0.3 is 5.97 Å². The summed E-state index contributed by atoms with van der Waals surface area (Å²) in [6.45, 7) is 5.49. The maximum Gasteiger partial charge on any atom is 0.308 e. The second-order valence-corrected chi connectivity index (χ2v) is 9.08. The number of nitrogens with zero attached hydrogens (tertiary/aromatic N) is 1. The van der Waals surface area contributed by atoms with Crippen LogP contribution in [0.15, 0.2) is 24.3 Å². The monoisotopic (exact) mass is 446 g/mol. The van der Waals surface area contributed by atoms with Crippen molar-refractivity contribution in [3.63, 3.8) is 0 Å². The number of imide groups is 1. The molecule has 1 fully saturated rings. The average molecular weight is 447 g/mol. The van der Waals surface area contributed by atoms with Gasteiger partial charge in [0.1, 0.15) is 5.75 Å². The number of phenolic OH excluding ortho intramolecular Hbond substituents is 1. The molecule has 1 aliphatic heterocycles. The molecule has 0 bridgehead atoms. The van der Waals surface area contributed by atoms with Gasteiger partial charge in [0.15, 0.2) is 0 Å². The summed E-state index contributed by atoms with van der Waals surface area (Å²) in [5.74, 6) is -2.18. The van der Waals surface area contributed by atoms with Crippen LogP contribution in [0.3, 0.4) is 0 Å². The zero-order valence-corrected chi connectivity index (χ0v) is 19.5. The van der Waals surface area contributed by atoms with Crippen molar-refractivity contribution >= 4 is 29.4 Å². The van der Waals surface area contributed by atoms with E-state index in [1.807, 2.05) is 6.92 Å². The van der Waals surface area contributed by atoms with E-state index in [4.69, 9.17) is 4.74 Å². The van der Waals surface area contributed by atoms with Gasteiger partial charge in [-0.1, -0.05) is 20.8 Å². The van der Waals surface area contributed by atoms with E-state index in [-0.39, 0.29) is 35.4 Å². The number of ether oxygens (including phenoxy) is 1. The molecule has 1 heterocycles. The summed E-state index contributed by atoms with van der Waals surface area (Å²) >= 11 is 0. The second kappa shape index (κ2) is 10.6. The van der Waals surface area contributed by atoms with Crippen LogP contribution >= 0.6 is 0 Å². The highest BCUT2D eigenvalue weighted by atomic mass is 16.5. The van der Waals surface area contributed by atoms with Crippen LogP contribution in [-0.2, 0) is 23.9 Å². The standard InChI is InChI=1S/C24H34N2O6/c1-6-15(22(30)32-5)7-12-18-19(21(29)26(4)20(18)28)13-14-24(2,3)23(31)25-16-8-10-17(27)11-9-16/h8-11,15,18-19,27H,6-7,12-14H2,1-5H3,(H,25,31). The lowest BCUT2D eigenvalue weighted by Crippen LogP contribution is -2.32. The smallest absolute Gasteiger partial charge is 0.308 e. The number of rotatable bonds is 10. The molecule has 0 aromatic heterocycles. The van der Waals surface area contributed by atoms with Crippen molar-refractivity contribution in [3.8, 4) is 5.75 Å². The van der Waals surface area contributed by atoms with Crippen molar-refractivity contribution in [2.24, 2.45) is 23.2 Å². The van der Waals surface area contributed by atoms with Crippen LogP contribution in [0.25, 0.3) is 0 Å². The Morgan fingerprint density at radius 1 is 1.12 bits per heavy atom. The molecule has 32 heavy (non-hydrogen) atoms. The number of carbonyl (C=O) groups is 4. The van der Waals surface area contributed by atoms with Crippen molar-refractivity contribution in [2.75, 3.05) is 19.5 Å². The molecule has 2 N–H and O–H groups in total. The summed E-state index contributed by atoms with van der Waals surface area (Å²) < 4.78 is 4.83. The molecule has 176 valence electrons. The van der Waals surface area contributed by atoms with Crippen molar-refractivity contribution in [1.82, 2.24) is 4.90 Å². The Hall–Kier alpha value is -2.90. The minimum Gasteiger partial charge on any atom is -0.508 e. The fraction of sp³-hybridized carbons (Fsp3) is 0.583. The first kappa shape index (κ1) is 25.4. The van der Waals surface area contributed by atoms with Crippen LogP contribution in [0, 0.1) is 23.2 Å². The van der Waals surface area contributed by atoms with E-state index in [9.17, 15) is 24.3 Å². The van der Waals surface area contributed by atoms with E-state index in [0.29, 0.717) is 37.8 Å². The number of hydrogen-bond donors (Lipinski definition) is 2. The van der Waals surface area contributed by atoms with E-state index in [2.05, 4.69) is 5.32 Å². The number of phenols is 1. The molecular weight excluding hydrogens is 412 g/mol. The topological polar surface area (TPSA) is 113 Å². The predicted octanol–water partition coefficient (Wildman–Crippen LogP) is 3.35. The SMILES string of the molecule is CCC(CCC1C(=O)N(C)C(=O)C1CCC(C)(C)C(=O)Nc1ccc(O)cc1)C(=O)OC. The number of nitrogens with one attached hydrogen (secondary N) is 1. The van der Waals surface area contributed by atoms with Crippen molar-refractivity contribution in [2.45, 2.75) is 52.9 Å². The quantitative estimate of drug-likeness (QED) is 0.324. The zero-order chi connectivity index (χ0) is 24.1. The third-order valence-electron chi connectivity index (χ3n) is 6.45. The first-order valence-corrected chi connectivity index (χ1v) is 11.0. The molecule has 3 amide bonds. The lowest BCUT2D eigenvalue weighted by molar-refractivity contribution is -0.146. The van der Waals surface area contributed by atoms with Gasteiger partial charge in [0.2, 0.25) is 17.7 Å². The molecule has 1 aliphatic rings. The van der Waals surface area contributed by atoms with Crippen molar-refractivity contribution < 1.29 is 29.0 Å². The van der Waals surface area contributed by atoms with E-state index >= 15 is 0 Å². The molecule has 3 unspecified atom stereocenters. The summed E-state index contributed by atoms with van der Waals surface area (Å²) in [5, 5.41) is 12.2. The fourth-order valence-electron chi connectivity index (χ4n) is 4.11. The largest absolute Gasteiger partial charge is 0.508 e. The summed E-state index contributed by atoms with van der Waals surface area (Å²) in [5.41, 5.74) is -0.204. The van der Waals surface area contributed by atoms with E-state index < -0.39 is 17.3 Å². The van der Waals surface area contributed by atoms with Crippen molar-refractivity contribution in [3.05, 3.63) is 24.3 Å². The normalized spacial score (nSPS) is 19.7. The van der Waals surface area contributed by atoms with Crippen molar-refractivity contribution in [1.29, 1.82) is 0 Å². The summed E-state index contributed by atoms with van der Waals surface area (Å²) in [4.78, 5) is 51.3. The molecule has 0 aliphatic carbocycles. The Balaban J connectivity index is 2.04. The minimum absolute atomic E-state index is 0.111. The van der Waals surface area contributed by atoms with Crippen LogP contribution in [0.5, 0.6) is 5.75 Å². The van der Waals surface area contributed by atoms with Gasteiger partial charge in [-0.3, -0.25) is 24.1 Å². The Morgan fingerprint density at radius 3 is 2.22 bits per heavy atom. The van der Waals surface area contributed by atoms with E-state index in [1.165, 1.54) is 26.3 Å². The molecule has 3 atom stereocenters. The van der Waals surface area contributed by atoms with Crippen LogP contribution in [0.1, 0.15) is 52.9 Å². The number of benzene rings is 1. The molecule has 0 saturated carbocycles. The van der Waals surface area contributed by atoms with Crippen LogP contribution in [-0.4, -0.2) is 47.9 Å². The van der Waals surface area contributed by atoms with Crippen LogP contribution < -0.4 is 5.32 Å². The summed E-state index contributed by atoms with van der Waals surface area (Å²) in [6.07, 6.45) is 2.31. The highest BCUT2D eigenvalue weighted by molar-refractivity contribution is 6.04. The number of anilines is 1. The number of likely N-dealkylation sites (tertiary alicyclic amines) is 1. The Morgan fingerprint density at radius 2 is 1.69 bits per heavy atom. The second-order valence-electron chi connectivity index (χ2n) is 9.08. The fourth-order valence-corrected chi connectivity index (χ4v) is 4.11. The Kier molecular flexibility index (Phi) is 8.41. The highest BCUT2D eigenvalue weighted by Gasteiger charge is 2.46. The maximum absolute atomic E-state index is 12.8. The van der Waals surface area contributed by atoms with Gasteiger partial charge in [0, 0.05) is 18.2 Å². The number of carbonyl (C=O) groups excluding carboxylic acids is 4. The number of aromatic hydroxyl groups is 1. The molecule has 2 rings (SSSR count). The lowest BCUT2D eigenvalue weighted by atomic mass is 9.79. The van der Waals surface area contributed by atoms with Gasteiger partial charge in [0.25, 0.3) is 0 Å². The first-order chi connectivity index (χ1) is 15.0. The van der Waals surface area contributed by atoms with Crippen LogP contribution in [0.2, 0.25) is 0 Å². The first-order valence-electron chi connectivity index (χ1n) is 11.0. The third kappa shape index (κ3) is 5.87. The summed E-state index contributed by atoms with van der Waals surface area (Å²) in [6, 6.07) is 6.20. The lowest BCUT2D eigenvalue weighted by Gasteiger charge is -2.26. The third-order valence-corrected chi connectivity index (χ3v) is 6.45. The molecule has 0 radical (unpaired) electrons. The van der Waals surface area contributed by atoms with Crippen LogP contribution in [0.4, 0.5) is 5.69 Å². The van der Waals surface area contributed by atoms with Gasteiger partial charge < -0.3 is 15.2 Å². The van der Waals surface area contributed by atoms with Gasteiger partial charge in [-0.25, -0.2) is 0 Å². The van der Waals surface area contributed by atoms with Gasteiger partial charge in [-0.2, -0.15) is 0 Å². The molecule has 1 saturated heterocycles. The number of methoxy groups -OCH3 is 1. The molecule has 0 spiro atoms. The maximum atomic E-state index is 12.8. The van der Waals surface area contributed by atoms with Gasteiger partial charge in [-0.05, 0) is 56.4 Å². The van der Waals surface area contributed by atoms with E-state index in [0.717, 1.165) is 4.90 Å². The Labute approximate surface area is 189 Å². The Bertz CT molecular complexity index is 849. The summed E-state index contributed by atoms with van der Waals surface area (Å²) in [7, 11) is 2.83. The predicted molar refractivity (Wildman–Crippen MR) is 120 cm³/mol. The van der Waals surface area contributed by atoms with E-state index in [1.54, 1.807) is 26.0 Å². The zero-order valence-electron chi connectivity index (χ0n) is 19.5. The highest BCUT2D eigenvalue weighted by Crippen LogP contribution is 2.37. The molecular formula is C24H34N2O6. The number of hydrogen-bond acceptors (Lipinski definition) is 6. The minimum atomic E-state index is -0.773. The molecule has 8 nitrogen and oxygen atoms in total. The number of esters is 1. The average Bonchev–Trinajstić information content (AvgIpc) is 2.97. The molecule has 8 heteroatoms. The van der Waals surface area contributed by atoms with Gasteiger partial charge in [0.05, 0.1) is 24.9 Å².